The molecule has 0 aromatic carbocycles. The zero-order chi connectivity index (χ0) is 15.3. The van der Waals surface area contributed by atoms with E-state index in [1.165, 1.54) is 21.1 Å². The van der Waals surface area contributed by atoms with Gasteiger partial charge in [-0.15, -0.1) is 11.3 Å². The second-order valence-corrected chi connectivity index (χ2v) is 6.13. The Balaban J connectivity index is 2.87. The lowest BCUT2D eigenvalue weighted by Crippen LogP contribution is -2.39. The summed E-state index contributed by atoms with van der Waals surface area (Å²) in [5, 5.41) is 8.95. The van der Waals surface area contributed by atoms with Crippen molar-refractivity contribution in [3.05, 3.63) is 21.4 Å². The monoisotopic (exact) mass is 298 g/mol. The van der Waals surface area contributed by atoms with Gasteiger partial charge in [0.05, 0.1) is 4.88 Å². The first-order valence-corrected chi connectivity index (χ1v) is 7.41. The normalized spacial score (nSPS) is 10.8. The maximum atomic E-state index is 12.4. The van der Waals surface area contributed by atoms with Crippen molar-refractivity contribution in [1.29, 1.82) is 0 Å². The van der Waals surface area contributed by atoms with Gasteiger partial charge >= 0.3 is 5.97 Å². The van der Waals surface area contributed by atoms with Gasteiger partial charge in [-0.3, -0.25) is 9.59 Å². The average molecular weight is 298 g/mol. The third-order valence-corrected chi connectivity index (χ3v) is 4.35. The van der Waals surface area contributed by atoms with E-state index in [4.69, 9.17) is 5.11 Å². The summed E-state index contributed by atoms with van der Waals surface area (Å²) in [6.45, 7) is 4.83. The number of nitrogens with zero attached hydrogens (tertiary/aromatic N) is 2. The summed E-state index contributed by atoms with van der Waals surface area (Å²) in [5.74, 6) is -1.18. The third-order valence-electron chi connectivity index (χ3n) is 2.98. The number of carbonyl (C=O) groups is 2. The number of aliphatic carboxylic acids is 1. The van der Waals surface area contributed by atoms with Crippen LogP contribution >= 0.6 is 11.3 Å². The van der Waals surface area contributed by atoms with E-state index in [1.54, 1.807) is 0 Å². The molecule has 1 N–H and O–H groups in total. The van der Waals surface area contributed by atoms with E-state index in [9.17, 15) is 9.59 Å². The molecule has 20 heavy (non-hydrogen) atoms. The van der Waals surface area contributed by atoms with Crippen LogP contribution in [0.25, 0.3) is 0 Å². The minimum absolute atomic E-state index is 0.193. The van der Waals surface area contributed by atoms with Crippen LogP contribution in [0.4, 0.5) is 0 Å². The molecule has 1 amide bonds. The van der Waals surface area contributed by atoms with Crippen LogP contribution in [0.15, 0.2) is 6.07 Å². The van der Waals surface area contributed by atoms with Gasteiger partial charge in [-0.1, -0.05) is 6.92 Å². The summed E-state index contributed by atoms with van der Waals surface area (Å²) < 4.78 is 0. The lowest BCUT2D eigenvalue weighted by molar-refractivity contribution is -0.137. The number of carboxylic acid groups (broad SMARTS) is 1. The number of carbonyl (C=O) groups excluding carboxylic acids is 1. The summed E-state index contributed by atoms with van der Waals surface area (Å²) in [4.78, 5) is 28.5. The van der Waals surface area contributed by atoms with E-state index >= 15 is 0 Å². The Bertz CT molecular complexity index is 483. The molecular weight excluding hydrogens is 276 g/mol. The number of likely N-dealkylation sites (N-methyl/N-ethyl adjacent to an activating group) is 1. The number of amides is 1. The number of aryl methyl sites for hydroxylation is 2. The average Bonchev–Trinajstić information content (AvgIpc) is 2.74. The predicted octanol–water partition coefficient (Wildman–Crippen LogP) is 1.71. The SMILES string of the molecule is CCc1sc(C(=O)N(CCN(C)C)CC(=O)O)cc1C. The number of carboxylic acids is 1. The lowest BCUT2D eigenvalue weighted by Gasteiger charge is -2.22. The van der Waals surface area contributed by atoms with Gasteiger partial charge in [0.25, 0.3) is 5.91 Å². The van der Waals surface area contributed by atoms with Crippen LogP contribution in [0.3, 0.4) is 0 Å². The molecule has 0 saturated heterocycles. The molecule has 0 aliphatic rings. The van der Waals surface area contributed by atoms with Gasteiger partial charge < -0.3 is 14.9 Å². The quantitative estimate of drug-likeness (QED) is 0.832. The molecule has 1 aromatic rings. The van der Waals surface area contributed by atoms with Gasteiger partial charge in [-0.25, -0.2) is 0 Å². The highest BCUT2D eigenvalue weighted by molar-refractivity contribution is 7.14. The fraction of sp³-hybridized carbons (Fsp3) is 0.571. The Morgan fingerprint density at radius 2 is 1.95 bits per heavy atom. The van der Waals surface area contributed by atoms with E-state index < -0.39 is 5.97 Å². The molecule has 1 rings (SSSR count). The number of rotatable bonds is 7. The lowest BCUT2D eigenvalue weighted by atomic mass is 10.2. The van der Waals surface area contributed by atoms with E-state index in [2.05, 4.69) is 0 Å². The van der Waals surface area contributed by atoms with Crippen LogP contribution in [-0.2, 0) is 11.2 Å². The highest BCUT2D eigenvalue weighted by atomic mass is 32.1. The predicted molar refractivity (Wildman–Crippen MR) is 80.5 cm³/mol. The molecule has 0 atom stereocenters. The second kappa shape index (κ2) is 7.40. The van der Waals surface area contributed by atoms with Crippen LogP contribution in [0, 0.1) is 6.92 Å². The Morgan fingerprint density at radius 3 is 2.40 bits per heavy atom. The zero-order valence-electron chi connectivity index (χ0n) is 12.5. The van der Waals surface area contributed by atoms with E-state index in [-0.39, 0.29) is 12.5 Å². The largest absolute Gasteiger partial charge is 0.480 e. The molecule has 0 aliphatic carbocycles. The summed E-state index contributed by atoms with van der Waals surface area (Å²) in [6, 6.07) is 1.86. The van der Waals surface area contributed by atoms with Crippen LogP contribution in [0.5, 0.6) is 0 Å². The fourth-order valence-electron chi connectivity index (χ4n) is 1.87. The van der Waals surface area contributed by atoms with Crippen LogP contribution in [-0.4, -0.2) is 60.5 Å². The van der Waals surface area contributed by atoms with Gasteiger partial charge in [0.2, 0.25) is 0 Å². The van der Waals surface area contributed by atoms with Crippen molar-refractivity contribution in [2.24, 2.45) is 0 Å². The van der Waals surface area contributed by atoms with Crippen molar-refractivity contribution in [3.8, 4) is 0 Å². The molecule has 0 fully saturated rings. The summed E-state index contributed by atoms with van der Waals surface area (Å²) in [5.41, 5.74) is 1.10. The van der Waals surface area contributed by atoms with Crippen LogP contribution in [0.1, 0.15) is 27.0 Å². The molecule has 112 valence electrons. The first-order valence-electron chi connectivity index (χ1n) is 6.60. The Labute approximate surface area is 123 Å². The maximum Gasteiger partial charge on any atom is 0.323 e. The summed E-state index contributed by atoms with van der Waals surface area (Å²) >= 11 is 1.46. The molecule has 5 nitrogen and oxygen atoms in total. The molecule has 0 radical (unpaired) electrons. The van der Waals surface area contributed by atoms with Gasteiger partial charge in [0, 0.05) is 18.0 Å². The minimum atomic E-state index is -0.985. The van der Waals surface area contributed by atoms with Crippen molar-refractivity contribution in [3.63, 3.8) is 0 Å². The fourth-order valence-corrected chi connectivity index (χ4v) is 2.95. The highest BCUT2D eigenvalue weighted by Gasteiger charge is 2.21. The molecule has 0 saturated carbocycles. The van der Waals surface area contributed by atoms with Crippen molar-refractivity contribution in [2.75, 3.05) is 33.7 Å². The van der Waals surface area contributed by atoms with E-state index in [0.717, 1.165) is 12.0 Å². The maximum absolute atomic E-state index is 12.4. The van der Waals surface area contributed by atoms with Gasteiger partial charge in [-0.2, -0.15) is 0 Å². The third kappa shape index (κ3) is 4.61. The Kier molecular flexibility index (Phi) is 6.16. The minimum Gasteiger partial charge on any atom is -0.480 e. The molecule has 1 heterocycles. The van der Waals surface area contributed by atoms with Crippen LogP contribution < -0.4 is 0 Å². The van der Waals surface area contributed by atoms with Crippen molar-refractivity contribution in [2.45, 2.75) is 20.3 Å². The van der Waals surface area contributed by atoms with Crippen molar-refractivity contribution < 1.29 is 14.7 Å². The van der Waals surface area contributed by atoms with Gasteiger partial charge in [-0.05, 0) is 39.1 Å². The molecular formula is C14H22N2O3S. The Hall–Kier alpha value is -1.40. The van der Waals surface area contributed by atoms with Gasteiger partial charge in [0.1, 0.15) is 6.54 Å². The molecule has 6 heteroatoms. The summed E-state index contributed by atoms with van der Waals surface area (Å²) in [6.07, 6.45) is 0.889. The molecule has 1 aromatic heterocycles. The van der Waals surface area contributed by atoms with Crippen molar-refractivity contribution in [1.82, 2.24) is 9.80 Å². The zero-order valence-corrected chi connectivity index (χ0v) is 13.3. The smallest absolute Gasteiger partial charge is 0.323 e. The number of hydrogen-bond donors (Lipinski definition) is 1. The number of hydrogen-bond acceptors (Lipinski definition) is 4. The second-order valence-electron chi connectivity index (χ2n) is 4.99. The molecule has 0 spiro atoms. The standard InChI is InChI=1S/C14H22N2O3S/c1-5-11-10(2)8-12(20-11)14(19)16(9-13(17)18)7-6-15(3)4/h8H,5-7,9H2,1-4H3,(H,17,18). The molecule has 0 aliphatic heterocycles. The summed E-state index contributed by atoms with van der Waals surface area (Å²) in [7, 11) is 3.79. The topological polar surface area (TPSA) is 60.9 Å². The van der Waals surface area contributed by atoms with E-state index in [1.807, 2.05) is 38.9 Å². The van der Waals surface area contributed by atoms with Gasteiger partial charge in [0.15, 0.2) is 0 Å². The molecule has 0 unspecified atom stereocenters. The number of thiophene rings is 1. The van der Waals surface area contributed by atoms with Crippen molar-refractivity contribution >= 4 is 23.2 Å². The van der Waals surface area contributed by atoms with Crippen LogP contribution in [0.2, 0.25) is 0 Å². The highest BCUT2D eigenvalue weighted by Crippen LogP contribution is 2.23. The first kappa shape index (κ1) is 16.7. The first-order chi connectivity index (χ1) is 9.35. The molecule has 0 bridgehead atoms. The van der Waals surface area contributed by atoms with E-state index in [0.29, 0.717) is 18.0 Å². The Morgan fingerprint density at radius 1 is 1.30 bits per heavy atom.